The lowest BCUT2D eigenvalue weighted by molar-refractivity contribution is 0.400. The summed E-state index contributed by atoms with van der Waals surface area (Å²) >= 11 is 7.39. The molecule has 0 aliphatic carbocycles. The van der Waals surface area contributed by atoms with Crippen LogP contribution >= 0.6 is 23.4 Å². The van der Waals surface area contributed by atoms with Gasteiger partial charge in [0.25, 0.3) is 5.22 Å². The van der Waals surface area contributed by atoms with Gasteiger partial charge in [-0.25, -0.2) is 0 Å². The predicted molar refractivity (Wildman–Crippen MR) is 87.9 cm³/mol. The Hall–Kier alpha value is -1.99. The summed E-state index contributed by atoms with van der Waals surface area (Å²) < 4.78 is 12.6. The lowest BCUT2D eigenvalue weighted by Gasteiger charge is -2.05. The van der Waals surface area contributed by atoms with Gasteiger partial charge in [0.2, 0.25) is 5.89 Å². The normalized spacial score (nSPS) is 10.9. The van der Waals surface area contributed by atoms with Crippen LogP contribution in [0.15, 0.2) is 40.0 Å². The van der Waals surface area contributed by atoms with Crippen molar-refractivity contribution in [2.45, 2.75) is 17.4 Å². The zero-order valence-electron chi connectivity index (χ0n) is 12.7. The fraction of sp³-hybridized carbons (Fsp3) is 0.267. The van der Waals surface area contributed by atoms with Crippen LogP contribution in [-0.2, 0) is 19.2 Å². The Labute approximate surface area is 142 Å². The highest BCUT2D eigenvalue weighted by Gasteiger charge is 2.11. The average molecular weight is 351 g/mol. The van der Waals surface area contributed by atoms with E-state index < -0.39 is 0 Å². The number of aromatic nitrogens is 4. The molecule has 0 fully saturated rings. The minimum absolute atomic E-state index is 0.511. The number of aryl methyl sites for hydroxylation is 1. The summed E-state index contributed by atoms with van der Waals surface area (Å²) in [6.45, 7) is 0. The molecule has 2 heterocycles. The van der Waals surface area contributed by atoms with E-state index in [1.54, 1.807) is 18.8 Å². The van der Waals surface area contributed by atoms with Gasteiger partial charge in [0.15, 0.2) is 0 Å². The maximum Gasteiger partial charge on any atom is 0.276 e. The van der Waals surface area contributed by atoms with Crippen LogP contribution in [0.5, 0.6) is 5.75 Å². The number of ether oxygens (including phenoxy) is 1. The fourth-order valence-corrected chi connectivity index (χ4v) is 2.92. The topological polar surface area (TPSA) is 66.0 Å². The molecule has 0 aliphatic rings. The zero-order valence-corrected chi connectivity index (χ0v) is 14.3. The molecule has 0 unspecified atom stereocenters. The van der Waals surface area contributed by atoms with Crippen LogP contribution in [0.25, 0.3) is 0 Å². The second-order valence-electron chi connectivity index (χ2n) is 4.82. The van der Waals surface area contributed by atoms with Gasteiger partial charge >= 0.3 is 0 Å². The van der Waals surface area contributed by atoms with E-state index in [0.29, 0.717) is 28.4 Å². The van der Waals surface area contributed by atoms with Gasteiger partial charge in [-0.05, 0) is 12.1 Å². The third kappa shape index (κ3) is 3.86. The van der Waals surface area contributed by atoms with Crippen LogP contribution in [-0.4, -0.2) is 27.1 Å². The van der Waals surface area contributed by atoms with Gasteiger partial charge in [0, 0.05) is 18.4 Å². The Morgan fingerprint density at radius 3 is 2.87 bits per heavy atom. The molecule has 0 radical (unpaired) electrons. The summed E-state index contributed by atoms with van der Waals surface area (Å²) in [6.07, 6.45) is 0.535. The first-order chi connectivity index (χ1) is 11.2. The number of benzene rings is 1. The molecule has 23 heavy (non-hydrogen) atoms. The van der Waals surface area contributed by atoms with E-state index in [1.165, 1.54) is 11.8 Å². The van der Waals surface area contributed by atoms with Crippen molar-refractivity contribution in [3.63, 3.8) is 0 Å². The minimum Gasteiger partial charge on any atom is -0.496 e. The quantitative estimate of drug-likeness (QED) is 0.635. The number of halogens is 1. The SMILES string of the molecule is COc1ccccc1Cc1nnc(SCc2cc(Cl)n(C)n2)o1. The maximum absolute atomic E-state index is 5.96. The van der Waals surface area contributed by atoms with Crippen LogP contribution in [0.2, 0.25) is 5.15 Å². The van der Waals surface area contributed by atoms with E-state index in [0.717, 1.165) is 17.0 Å². The van der Waals surface area contributed by atoms with Gasteiger partial charge in [0.05, 0.1) is 19.2 Å². The fourth-order valence-electron chi connectivity index (χ4n) is 2.09. The predicted octanol–water partition coefficient (Wildman–Crippen LogP) is 3.35. The van der Waals surface area contributed by atoms with Crippen molar-refractivity contribution in [2.75, 3.05) is 7.11 Å². The molecule has 120 valence electrons. The molecule has 6 nitrogen and oxygen atoms in total. The van der Waals surface area contributed by atoms with Gasteiger partial charge in [-0.15, -0.1) is 10.2 Å². The van der Waals surface area contributed by atoms with Crippen molar-refractivity contribution in [2.24, 2.45) is 7.05 Å². The van der Waals surface area contributed by atoms with E-state index >= 15 is 0 Å². The smallest absolute Gasteiger partial charge is 0.276 e. The number of hydrogen-bond acceptors (Lipinski definition) is 6. The largest absolute Gasteiger partial charge is 0.496 e. The van der Waals surface area contributed by atoms with E-state index in [-0.39, 0.29) is 0 Å². The van der Waals surface area contributed by atoms with Crippen LogP contribution in [0.3, 0.4) is 0 Å². The average Bonchev–Trinajstić information content (AvgIpc) is 3.13. The highest BCUT2D eigenvalue weighted by molar-refractivity contribution is 7.98. The molecule has 0 spiro atoms. The van der Waals surface area contributed by atoms with Crippen molar-refractivity contribution in [1.82, 2.24) is 20.0 Å². The van der Waals surface area contributed by atoms with Crippen molar-refractivity contribution in [1.29, 1.82) is 0 Å². The lowest BCUT2D eigenvalue weighted by atomic mass is 10.1. The first-order valence-electron chi connectivity index (χ1n) is 6.91. The van der Waals surface area contributed by atoms with E-state index in [2.05, 4.69) is 15.3 Å². The number of rotatable bonds is 6. The number of hydrogen-bond donors (Lipinski definition) is 0. The van der Waals surface area contributed by atoms with Crippen LogP contribution in [0.1, 0.15) is 17.1 Å². The third-order valence-corrected chi connectivity index (χ3v) is 4.41. The molecular formula is C15H15ClN4O2S. The monoisotopic (exact) mass is 350 g/mol. The lowest BCUT2D eigenvalue weighted by Crippen LogP contribution is -1.93. The van der Waals surface area contributed by atoms with Crippen molar-refractivity contribution < 1.29 is 9.15 Å². The van der Waals surface area contributed by atoms with Crippen molar-refractivity contribution in [3.05, 3.63) is 52.6 Å². The van der Waals surface area contributed by atoms with Crippen molar-refractivity contribution >= 4 is 23.4 Å². The summed E-state index contributed by atoms with van der Waals surface area (Å²) in [4.78, 5) is 0. The molecule has 0 amide bonds. The second-order valence-corrected chi connectivity index (χ2v) is 6.13. The van der Waals surface area contributed by atoms with E-state index in [4.69, 9.17) is 20.8 Å². The van der Waals surface area contributed by atoms with E-state index in [9.17, 15) is 0 Å². The van der Waals surface area contributed by atoms with Crippen LogP contribution in [0, 0.1) is 0 Å². The molecule has 8 heteroatoms. The van der Waals surface area contributed by atoms with Crippen LogP contribution in [0.4, 0.5) is 0 Å². The highest BCUT2D eigenvalue weighted by Crippen LogP contribution is 2.25. The maximum atomic E-state index is 5.96. The summed E-state index contributed by atoms with van der Waals surface area (Å²) in [7, 11) is 3.44. The van der Waals surface area contributed by atoms with Crippen LogP contribution < -0.4 is 4.74 Å². The first-order valence-corrected chi connectivity index (χ1v) is 8.27. The van der Waals surface area contributed by atoms with Gasteiger partial charge in [-0.1, -0.05) is 41.6 Å². The van der Waals surface area contributed by atoms with Gasteiger partial charge < -0.3 is 9.15 Å². The number of methoxy groups -OCH3 is 1. The molecule has 0 saturated carbocycles. The number of nitrogens with zero attached hydrogens (tertiary/aromatic N) is 4. The molecule has 0 aliphatic heterocycles. The summed E-state index contributed by atoms with van der Waals surface area (Å²) in [6, 6.07) is 9.59. The Morgan fingerprint density at radius 2 is 2.13 bits per heavy atom. The molecule has 0 atom stereocenters. The number of para-hydroxylation sites is 1. The summed E-state index contributed by atoms with van der Waals surface area (Å²) in [5.74, 6) is 1.98. The summed E-state index contributed by atoms with van der Waals surface area (Å²) in [5, 5.41) is 13.5. The molecule has 2 aromatic heterocycles. The van der Waals surface area contributed by atoms with Crippen molar-refractivity contribution in [3.8, 4) is 5.75 Å². The first kappa shape index (κ1) is 15.9. The van der Waals surface area contributed by atoms with Gasteiger partial charge in [-0.2, -0.15) is 5.10 Å². The Morgan fingerprint density at radius 1 is 1.30 bits per heavy atom. The Kier molecular flexibility index (Phi) is 4.88. The Bertz CT molecular complexity index is 783. The standard InChI is InChI=1S/C15H15ClN4O2S/c1-20-13(16)8-11(19-20)9-23-15-18-17-14(22-15)7-10-5-3-4-6-12(10)21-2/h3-6,8H,7,9H2,1-2H3. The third-order valence-electron chi connectivity index (χ3n) is 3.20. The Balaban J connectivity index is 1.64. The summed E-state index contributed by atoms with van der Waals surface area (Å²) in [5.41, 5.74) is 1.87. The van der Waals surface area contributed by atoms with E-state index in [1.807, 2.05) is 30.3 Å². The highest BCUT2D eigenvalue weighted by atomic mass is 35.5. The molecular weight excluding hydrogens is 336 g/mol. The minimum atomic E-state index is 0.511. The molecule has 3 aromatic rings. The molecule has 1 aromatic carbocycles. The molecule has 0 bridgehead atoms. The molecule has 0 saturated heterocycles. The zero-order chi connectivity index (χ0) is 16.2. The second kappa shape index (κ2) is 7.06. The van der Waals surface area contributed by atoms with Gasteiger partial charge in [-0.3, -0.25) is 4.68 Å². The van der Waals surface area contributed by atoms with Gasteiger partial charge in [0.1, 0.15) is 10.9 Å². The molecule has 3 rings (SSSR count). The molecule has 0 N–H and O–H groups in total. The number of thioether (sulfide) groups is 1.